The molecule has 0 aliphatic heterocycles. The number of ether oxygens (including phenoxy) is 2. The van der Waals surface area contributed by atoms with Crippen LogP contribution < -0.4 is 10.6 Å². The third kappa shape index (κ3) is 2.71. The molecule has 1 unspecified atom stereocenters. The van der Waals surface area contributed by atoms with E-state index >= 15 is 0 Å². The summed E-state index contributed by atoms with van der Waals surface area (Å²) < 4.78 is 9.85. The van der Waals surface area contributed by atoms with E-state index < -0.39 is 11.9 Å². The molecule has 16 heavy (non-hydrogen) atoms. The molecule has 1 aromatic carbocycles. The van der Waals surface area contributed by atoms with E-state index in [1.165, 1.54) is 14.2 Å². The lowest BCUT2D eigenvalue weighted by Gasteiger charge is -2.16. The van der Waals surface area contributed by atoms with E-state index in [9.17, 15) is 4.79 Å². The molecule has 0 heterocycles. The molecule has 1 aromatic rings. The molecule has 0 aliphatic carbocycles. The normalized spacial score (nSPS) is 11.9. The van der Waals surface area contributed by atoms with Crippen molar-refractivity contribution < 1.29 is 19.1 Å². The van der Waals surface area contributed by atoms with Crippen molar-refractivity contribution in [1.29, 1.82) is 0 Å². The van der Waals surface area contributed by atoms with Gasteiger partial charge in [0.25, 0.3) is 0 Å². The quantitative estimate of drug-likeness (QED) is 0.594. The van der Waals surface area contributed by atoms with E-state index in [-0.39, 0.29) is 6.61 Å². The number of methoxy groups -OCH3 is 2. The van der Waals surface area contributed by atoms with E-state index in [1.807, 2.05) is 12.1 Å². The Kier molecular flexibility index (Phi) is 4.75. The molecule has 5 heteroatoms. The minimum Gasteiger partial charge on any atom is -0.496 e. The van der Waals surface area contributed by atoms with Crippen LogP contribution >= 0.6 is 0 Å². The summed E-state index contributed by atoms with van der Waals surface area (Å²) in [5.41, 5.74) is 0.697. The lowest BCUT2D eigenvalue weighted by molar-refractivity contribution is -0.144. The highest BCUT2D eigenvalue weighted by atomic mass is 16.6. The van der Waals surface area contributed by atoms with Crippen molar-refractivity contribution in [3.05, 3.63) is 29.8 Å². The number of esters is 1. The lowest BCUT2D eigenvalue weighted by Crippen LogP contribution is -2.22. The van der Waals surface area contributed by atoms with Gasteiger partial charge in [-0.05, 0) is 6.07 Å². The Morgan fingerprint density at radius 3 is 2.62 bits per heavy atom. The molecule has 88 valence electrons. The van der Waals surface area contributed by atoms with Gasteiger partial charge in [0, 0.05) is 5.56 Å². The van der Waals surface area contributed by atoms with Crippen molar-refractivity contribution in [2.75, 3.05) is 20.8 Å². The van der Waals surface area contributed by atoms with Gasteiger partial charge >= 0.3 is 5.97 Å². The first-order valence-corrected chi connectivity index (χ1v) is 4.77. The molecule has 0 aliphatic rings. The first-order chi connectivity index (χ1) is 7.74. The van der Waals surface area contributed by atoms with Crippen LogP contribution in [0.15, 0.2) is 24.3 Å². The molecule has 5 nitrogen and oxygen atoms in total. The van der Waals surface area contributed by atoms with E-state index in [2.05, 4.69) is 9.57 Å². The van der Waals surface area contributed by atoms with Gasteiger partial charge in [-0.15, -0.1) is 0 Å². The number of hydrogen-bond donors (Lipinski definition) is 1. The lowest BCUT2D eigenvalue weighted by atomic mass is 9.99. The highest BCUT2D eigenvalue weighted by Gasteiger charge is 2.24. The maximum atomic E-state index is 11.6. The Morgan fingerprint density at radius 1 is 1.38 bits per heavy atom. The van der Waals surface area contributed by atoms with Crippen molar-refractivity contribution in [3.8, 4) is 5.75 Å². The van der Waals surface area contributed by atoms with Gasteiger partial charge in [0.1, 0.15) is 11.7 Å². The van der Waals surface area contributed by atoms with Crippen LogP contribution in [0.2, 0.25) is 0 Å². The fraction of sp³-hybridized carbons (Fsp3) is 0.364. The molecular weight excluding hydrogens is 210 g/mol. The predicted molar refractivity (Wildman–Crippen MR) is 57.9 cm³/mol. The van der Waals surface area contributed by atoms with Gasteiger partial charge in [-0.1, -0.05) is 18.2 Å². The largest absolute Gasteiger partial charge is 0.496 e. The highest BCUT2D eigenvalue weighted by molar-refractivity contribution is 5.79. The Morgan fingerprint density at radius 2 is 2.06 bits per heavy atom. The number of nitrogens with two attached hydrogens (primary N) is 1. The van der Waals surface area contributed by atoms with E-state index in [0.717, 1.165) is 0 Å². The molecule has 2 N–H and O–H groups in total. The number of hydrogen-bond acceptors (Lipinski definition) is 5. The summed E-state index contributed by atoms with van der Waals surface area (Å²) in [4.78, 5) is 16.1. The van der Waals surface area contributed by atoms with Crippen molar-refractivity contribution in [1.82, 2.24) is 0 Å². The first kappa shape index (κ1) is 12.5. The van der Waals surface area contributed by atoms with Gasteiger partial charge in [-0.25, -0.2) is 5.90 Å². The standard InChI is InChI=1S/C11H15NO4/c1-14-10-6-4-3-5-8(10)9(7-16-12)11(13)15-2/h3-6,9H,7,12H2,1-2H3. The van der Waals surface area contributed by atoms with E-state index in [1.54, 1.807) is 12.1 Å². The highest BCUT2D eigenvalue weighted by Crippen LogP contribution is 2.27. The fourth-order valence-electron chi connectivity index (χ4n) is 1.48. The summed E-state index contributed by atoms with van der Waals surface area (Å²) in [5, 5.41) is 0. The van der Waals surface area contributed by atoms with E-state index in [4.69, 9.17) is 10.6 Å². The molecule has 0 amide bonds. The summed E-state index contributed by atoms with van der Waals surface area (Å²) >= 11 is 0. The van der Waals surface area contributed by atoms with E-state index in [0.29, 0.717) is 11.3 Å². The van der Waals surface area contributed by atoms with Gasteiger partial charge in [0.2, 0.25) is 0 Å². The third-order valence-electron chi connectivity index (χ3n) is 2.26. The molecule has 0 aromatic heterocycles. The number of benzene rings is 1. The minimum absolute atomic E-state index is 0.0487. The summed E-state index contributed by atoms with van der Waals surface area (Å²) in [5.74, 6) is 4.62. The molecular formula is C11H15NO4. The maximum absolute atomic E-state index is 11.6. The van der Waals surface area contributed by atoms with Crippen LogP contribution in [0.4, 0.5) is 0 Å². The molecule has 0 fully saturated rings. The zero-order chi connectivity index (χ0) is 12.0. The molecule has 0 spiro atoms. The Balaban J connectivity index is 3.04. The Hall–Kier alpha value is -1.59. The number of carbonyl (C=O) groups is 1. The predicted octanol–water partition coefficient (Wildman–Crippen LogP) is 0.842. The minimum atomic E-state index is -0.578. The van der Waals surface area contributed by atoms with Crippen LogP contribution in [0, 0.1) is 0 Å². The van der Waals surface area contributed by atoms with Gasteiger partial charge in [0.05, 0.1) is 20.8 Å². The summed E-state index contributed by atoms with van der Waals surface area (Å²) in [6.07, 6.45) is 0. The zero-order valence-corrected chi connectivity index (χ0v) is 9.30. The summed E-state index contributed by atoms with van der Waals surface area (Å²) in [7, 11) is 2.86. The second-order valence-electron chi connectivity index (χ2n) is 3.15. The molecule has 1 atom stereocenters. The second kappa shape index (κ2) is 6.09. The second-order valence-corrected chi connectivity index (χ2v) is 3.15. The third-order valence-corrected chi connectivity index (χ3v) is 2.26. The maximum Gasteiger partial charge on any atom is 0.315 e. The van der Waals surface area contributed by atoms with Crippen molar-refractivity contribution in [3.63, 3.8) is 0 Å². The summed E-state index contributed by atoms with van der Waals surface area (Å²) in [6.45, 7) is 0.0487. The number of para-hydroxylation sites is 1. The van der Waals surface area contributed by atoms with Gasteiger partial charge < -0.3 is 14.3 Å². The fourth-order valence-corrected chi connectivity index (χ4v) is 1.48. The average molecular weight is 225 g/mol. The van der Waals surface area contributed by atoms with Gasteiger partial charge in [-0.3, -0.25) is 4.79 Å². The molecule has 0 bridgehead atoms. The summed E-state index contributed by atoms with van der Waals surface area (Å²) in [6, 6.07) is 7.17. The van der Waals surface area contributed by atoms with Crippen LogP contribution in [-0.2, 0) is 14.4 Å². The van der Waals surface area contributed by atoms with Crippen LogP contribution in [-0.4, -0.2) is 26.8 Å². The number of carbonyl (C=O) groups excluding carboxylic acids is 1. The van der Waals surface area contributed by atoms with Crippen LogP contribution in [0.25, 0.3) is 0 Å². The molecule has 0 saturated carbocycles. The van der Waals surface area contributed by atoms with Gasteiger partial charge in [0.15, 0.2) is 0 Å². The van der Waals surface area contributed by atoms with Crippen LogP contribution in [0.5, 0.6) is 5.75 Å². The number of rotatable bonds is 5. The monoisotopic (exact) mass is 225 g/mol. The smallest absolute Gasteiger partial charge is 0.315 e. The molecule has 0 radical (unpaired) electrons. The zero-order valence-electron chi connectivity index (χ0n) is 9.30. The Bertz CT molecular complexity index is 354. The van der Waals surface area contributed by atoms with Crippen molar-refractivity contribution >= 4 is 5.97 Å². The first-order valence-electron chi connectivity index (χ1n) is 4.77. The SMILES string of the molecule is COC(=O)C(CON)c1ccccc1OC. The topological polar surface area (TPSA) is 70.8 Å². The van der Waals surface area contributed by atoms with Crippen LogP contribution in [0.3, 0.4) is 0 Å². The Labute approximate surface area is 94.1 Å². The average Bonchev–Trinajstić information content (AvgIpc) is 2.35. The van der Waals surface area contributed by atoms with Crippen molar-refractivity contribution in [2.24, 2.45) is 5.90 Å². The van der Waals surface area contributed by atoms with Crippen molar-refractivity contribution in [2.45, 2.75) is 5.92 Å². The van der Waals surface area contributed by atoms with Gasteiger partial charge in [-0.2, -0.15) is 0 Å². The van der Waals surface area contributed by atoms with Crippen LogP contribution in [0.1, 0.15) is 11.5 Å². The molecule has 1 rings (SSSR count). The molecule has 0 saturated heterocycles.